The van der Waals surface area contributed by atoms with Crippen molar-refractivity contribution in [3.05, 3.63) is 24.3 Å². The maximum atomic E-state index is 11.4. The first-order chi connectivity index (χ1) is 6.95. The van der Waals surface area contributed by atoms with Crippen LogP contribution in [0.25, 0.3) is 0 Å². The van der Waals surface area contributed by atoms with Crippen LogP contribution in [0.2, 0.25) is 0 Å². The van der Waals surface area contributed by atoms with E-state index in [-0.39, 0.29) is 4.90 Å². The summed E-state index contributed by atoms with van der Waals surface area (Å²) in [5.41, 5.74) is 0.917. The first kappa shape index (κ1) is 12.0. The maximum Gasteiger partial charge on any atom is 0.240 e. The molecule has 0 radical (unpaired) electrons. The van der Waals surface area contributed by atoms with Crippen molar-refractivity contribution in [2.75, 3.05) is 12.4 Å². The number of nitrogens with one attached hydrogen (secondary N) is 2. The highest BCUT2D eigenvalue weighted by molar-refractivity contribution is 7.89. The monoisotopic (exact) mass is 228 g/mol. The van der Waals surface area contributed by atoms with Crippen LogP contribution in [0.15, 0.2) is 29.2 Å². The zero-order valence-corrected chi connectivity index (χ0v) is 9.93. The van der Waals surface area contributed by atoms with E-state index in [0.717, 1.165) is 5.69 Å². The van der Waals surface area contributed by atoms with Crippen LogP contribution >= 0.6 is 0 Å². The summed E-state index contributed by atoms with van der Waals surface area (Å²) in [5.74, 6) is 0. The Morgan fingerprint density at radius 3 is 2.07 bits per heavy atom. The molecule has 0 bridgehead atoms. The zero-order valence-electron chi connectivity index (χ0n) is 9.11. The Bertz CT molecular complexity index is 410. The molecule has 0 amide bonds. The Hall–Kier alpha value is -1.07. The summed E-state index contributed by atoms with van der Waals surface area (Å²) in [6, 6.07) is 7.00. The first-order valence-corrected chi connectivity index (χ1v) is 6.24. The average molecular weight is 228 g/mol. The highest BCUT2D eigenvalue weighted by atomic mass is 32.2. The minimum atomic E-state index is -3.32. The van der Waals surface area contributed by atoms with E-state index in [1.54, 1.807) is 24.3 Å². The Morgan fingerprint density at radius 2 is 1.67 bits per heavy atom. The fourth-order valence-corrected chi connectivity index (χ4v) is 1.91. The van der Waals surface area contributed by atoms with E-state index >= 15 is 0 Å². The van der Waals surface area contributed by atoms with Gasteiger partial charge in [0.1, 0.15) is 0 Å². The molecule has 0 atom stereocenters. The Morgan fingerprint density at radius 1 is 1.13 bits per heavy atom. The molecular formula is C10H16N2O2S. The van der Waals surface area contributed by atoms with Crippen LogP contribution in [0.3, 0.4) is 0 Å². The SMILES string of the molecule is CNS(=O)(=O)c1ccc(NC(C)C)cc1. The highest BCUT2D eigenvalue weighted by Gasteiger charge is 2.10. The van der Waals surface area contributed by atoms with Gasteiger partial charge < -0.3 is 5.32 Å². The highest BCUT2D eigenvalue weighted by Crippen LogP contribution is 2.14. The third-order valence-electron chi connectivity index (χ3n) is 1.89. The predicted molar refractivity (Wildman–Crippen MR) is 61.4 cm³/mol. The van der Waals surface area contributed by atoms with Crippen LogP contribution < -0.4 is 10.0 Å². The van der Waals surface area contributed by atoms with Crippen molar-refractivity contribution in [2.45, 2.75) is 24.8 Å². The average Bonchev–Trinajstić information content (AvgIpc) is 2.18. The summed E-state index contributed by atoms with van der Waals surface area (Å²) in [4.78, 5) is 0.277. The van der Waals surface area contributed by atoms with E-state index in [4.69, 9.17) is 0 Å². The topological polar surface area (TPSA) is 58.2 Å². The minimum absolute atomic E-state index is 0.277. The molecule has 0 saturated heterocycles. The molecule has 0 saturated carbocycles. The molecule has 84 valence electrons. The molecule has 1 aromatic rings. The van der Waals surface area contributed by atoms with Gasteiger partial charge in [0.25, 0.3) is 0 Å². The number of benzene rings is 1. The van der Waals surface area contributed by atoms with Gasteiger partial charge in [0, 0.05) is 11.7 Å². The Labute approximate surface area is 90.8 Å². The van der Waals surface area contributed by atoms with Crippen molar-refractivity contribution in [1.82, 2.24) is 4.72 Å². The third kappa shape index (κ3) is 3.21. The maximum absolute atomic E-state index is 11.4. The summed E-state index contributed by atoms with van der Waals surface area (Å²) in [6.07, 6.45) is 0. The van der Waals surface area contributed by atoms with Crippen LogP contribution in [0.4, 0.5) is 5.69 Å². The van der Waals surface area contributed by atoms with E-state index in [2.05, 4.69) is 10.0 Å². The van der Waals surface area contributed by atoms with Crippen molar-refractivity contribution in [1.29, 1.82) is 0 Å². The molecule has 0 aromatic heterocycles. The Balaban J connectivity index is 2.91. The van der Waals surface area contributed by atoms with Gasteiger partial charge in [0.2, 0.25) is 10.0 Å². The number of rotatable bonds is 4. The van der Waals surface area contributed by atoms with Crippen LogP contribution in [-0.4, -0.2) is 21.5 Å². The molecule has 0 spiro atoms. The fraction of sp³-hybridized carbons (Fsp3) is 0.400. The van der Waals surface area contributed by atoms with Crippen molar-refractivity contribution in [2.24, 2.45) is 0 Å². The second-order valence-corrected chi connectivity index (χ2v) is 5.42. The van der Waals surface area contributed by atoms with E-state index in [1.807, 2.05) is 13.8 Å². The number of hydrogen-bond donors (Lipinski definition) is 2. The molecule has 0 unspecified atom stereocenters. The third-order valence-corrected chi connectivity index (χ3v) is 3.32. The van der Waals surface area contributed by atoms with Gasteiger partial charge in [0.15, 0.2) is 0 Å². The normalized spacial score (nSPS) is 11.7. The number of anilines is 1. The largest absolute Gasteiger partial charge is 0.383 e. The van der Waals surface area contributed by atoms with Gasteiger partial charge in [-0.05, 0) is 45.2 Å². The minimum Gasteiger partial charge on any atom is -0.383 e. The summed E-state index contributed by atoms with van der Waals surface area (Å²) in [5, 5.41) is 3.19. The van der Waals surface area contributed by atoms with Crippen molar-refractivity contribution >= 4 is 15.7 Å². The second-order valence-electron chi connectivity index (χ2n) is 3.53. The van der Waals surface area contributed by atoms with E-state index in [0.29, 0.717) is 6.04 Å². The van der Waals surface area contributed by atoms with E-state index < -0.39 is 10.0 Å². The fourth-order valence-electron chi connectivity index (χ4n) is 1.18. The number of sulfonamides is 1. The van der Waals surface area contributed by atoms with Gasteiger partial charge in [-0.1, -0.05) is 0 Å². The van der Waals surface area contributed by atoms with Gasteiger partial charge in [0.05, 0.1) is 4.90 Å². The van der Waals surface area contributed by atoms with Crippen LogP contribution in [0, 0.1) is 0 Å². The zero-order chi connectivity index (χ0) is 11.5. The first-order valence-electron chi connectivity index (χ1n) is 4.76. The molecule has 4 nitrogen and oxygen atoms in total. The standard InChI is InChI=1S/C10H16N2O2S/c1-8(2)12-9-4-6-10(7-5-9)15(13,14)11-3/h4-8,11-12H,1-3H3. The van der Waals surface area contributed by atoms with Gasteiger partial charge in [-0.3, -0.25) is 0 Å². The molecule has 1 rings (SSSR count). The van der Waals surface area contributed by atoms with Gasteiger partial charge >= 0.3 is 0 Å². The van der Waals surface area contributed by atoms with E-state index in [9.17, 15) is 8.42 Å². The molecule has 2 N–H and O–H groups in total. The summed E-state index contributed by atoms with van der Waals surface area (Å²) in [7, 11) is -1.92. The van der Waals surface area contributed by atoms with E-state index in [1.165, 1.54) is 7.05 Å². The lowest BCUT2D eigenvalue weighted by Crippen LogP contribution is -2.18. The summed E-state index contributed by atoms with van der Waals surface area (Å²) < 4.78 is 25.1. The van der Waals surface area contributed by atoms with Crippen LogP contribution in [0.1, 0.15) is 13.8 Å². The van der Waals surface area contributed by atoms with Gasteiger partial charge in [-0.2, -0.15) is 0 Å². The smallest absolute Gasteiger partial charge is 0.240 e. The van der Waals surface area contributed by atoms with Crippen LogP contribution in [-0.2, 0) is 10.0 Å². The molecule has 0 aliphatic heterocycles. The molecular weight excluding hydrogens is 212 g/mol. The van der Waals surface area contributed by atoms with Crippen molar-refractivity contribution in [3.63, 3.8) is 0 Å². The second kappa shape index (κ2) is 4.63. The van der Waals surface area contributed by atoms with Crippen molar-refractivity contribution in [3.8, 4) is 0 Å². The Kier molecular flexibility index (Phi) is 3.71. The summed E-state index contributed by atoms with van der Waals surface area (Å²) in [6.45, 7) is 4.05. The lowest BCUT2D eigenvalue weighted by molar-refractivity contribution is 0.588. The van der Waals surface area contributed by atoms with Crippen LogP contribution in [0.5, 0.6) is 0 Å². The number of hydrogen-bond acceptors (Lipinski definition) is 3. The molecule has 0 fully saturated rings. The van der Waals surface area contributed by atoms with Crippen molar-refractivity contribution < 1.29 is 8.42 Å². The quantitative estimate of drug-likeness (QED) is 0.819. The molecule has 5 heteroatoms. The molecule has 15 heavy (non-hydrogen) atoms. The van der Waals surface area contributed by atoms with Gasteiger partial charge in [-0.15, -0.1) is 0 Å². The molecule has 0 aliphatic rings. The molecule has 1 aromatic carbocycles. The lowest BCUT2D eigenvalue weighted by atomic mass is 10.3. The molecule has 0 aliphatic carbocycles. The predicted octanol–water partition coefficient (Wildman–Crippen LogP) is 1.41. The van der Waals surface area contributed by atoms with Gasteiger partial charge in [-0.25, -0.2) is 13.1 Å². The summed E-state index contributed by atoms with van der Waals surface area (Å²) >= 11 is 0. The lowest BCUT2D eigenvalue weighted by Gasteiger charge is -2.10. The molecule has 0 heterocycles.